The van der Waals surface area contributed by atoms with Crippen LogP contribution in [0.5, 0.6) is 0 Å². The predicted molar refractivity (Wildman–Crippen MR) is 108 cm³/mol. The number of hydrogen-bond acceptors (Lipinski definition) is 5. The first-order valence-electron chi connectivity index (χ1n) is 8.84. The second-order valence-electron chi connectivity index (χ2n) is 6.24. The van der Waals surface area contributed by atoms with Crippen molar-refractivity contribution in [1.29, 1.82) is 0 Å². The number of benzene rings is 1. The summed E-state index contributed by atoms with van der Waals surface area (Å²) in [6.07, 6.45) is 9.21. The second kappa shape index (κ2) is 7.87. The molecule has 1 aromatic carbocycles. The molecule has 26 heavy (non-hydrogen) atoms. The maximum atomic E-state index is 6.61. The lowest BCUT2D eigenvalue weighted by Gasteiger charge is -2.27. The Morgan fingerprint density at radius 1 is 1.23 bits per heavy atom. The van der Waals surface area contributed by atoms with Crippen LogP contribution in [0.4, 0.5) is 5.95 Å². The number of nitrogens with one attached hydrogen (secondary N) is 1. The lowest BCUT2D eigenvalue weighted by atomic mass is 10.0. The van der Waals surface area contributed by atoms with E-state index in [1.54, 1.807) is 6.20 Å². The highest BCUT2D eigenvalue weighted by atomic mass is 15.2. The maximum absolute atomic E-state index is 6.61. The highest BCUT2D eigenvalue weighted by molar-refractivity contribution is 5.88. The molecular weight excluding hydrogens is 322 g/mol. The number of rotatable bonds is 5. The Kier molecular flexibility index (Phi) is 5.37. The summed E-state index contributed by atoms with van der Waals surface area (Å²) in [4.78, 5) is 11.0. The van der Waals surface area contributed by atoms with E-state index in [0.717, 1.165) is 29.9 Å². The SMILES string of the molecule is CCC1=CCN(/C(=C(\N)c2ccc(C)cc2)c2ccnc(NC)n2)C=C1. The molecule has 0 spiro atoms. The Morgan fingerprint density at radius 3 is 2.62 bits per heavy atom. The van der Waals surface area contributed by atoms with Crippen molar-refractivity contribution < 1.29 is 0 Å². The van der Waals surface area contributed by atoms with E-state index in [0.29, 0.717) is 11.6 Å². The Labute approximate surface area is 155 Å². The largest absolute Gasteiger partial charge is 0.396 e. The summed E-state index contributed by atoms with van der Waals surface area (Å²) in [6.45, 7) is 4.99. The zero-order valence-corrected chi connectivity index (χ0v) is 15.5. The molecule has 0 aliphatic carbocycles. The molecule has 0 unspecified atom stereocenters. The number of allylic oxidation sites excluding steroid dienone is 2. The van der Waals surface area contributed by atoms with Crippen LogP contribution in [0.2, 0.25) is 0 Å². The average Bonchev–Trinajstić information content (AvgIpc) is 2.69. The first kappa shape index (κ1) is 17.7. The molecule has 2 aromatic rings. The monoisotopic (exact) mass is 347 g/mol. The molecule has 0 saturated carbocycles. The number of nitrogens with zero attached hydrogens (tertiary/aromatic N) is 3. The third kappa shape index (κ3) is 3.77. The van der Waals surface area contributed by atoms with Crippen LogP contribution in [0.25, 0.3) is 11.4 Å². The number of anilines is 1. The van der Waals surface area contributed by atoms with E-state index in [1.165, 1.54) is 11.1 Å². The van der Waals surface area contributed by atoms with Crippen LogP contribution in [0.15, 0.2) is 60.5 Å². The number of nitrogens with two attached hydrogens (primary N) is 1. The Hall–Kier alpha value is -3.08. The van der Waals surface area contributed by atoms with Gasteiger partial charge in [-0.3, -0.25) is 0 Å². The van der Waals surface area contributed by atoms with Crippen molar-refractivity contribution in [3.63, 3.8) is 0 Å². The maximum Gasteiger partial charge on any atom is 0.222 e. The average molecular weight is 347 g/mol. The van der Waals surface area contributed by atoms with E-state index in [9.17, 15) is 0 Å². The summed E-state index contributed by atoms with van der Waals surface area (Å²) in [7, 11) is 1.81. The number of aryl methyl sites for hydroxylation is 1. The summed E-state index contributed by atoms with van der Waals surface area (Å²) >= 11 is 0. The minimum absolute atomic E-state index is 0.572. The van der Waals surface area contributed by atoms with Crippen LogP contribution in [-0.2, 0) is 0 Å². The van der Waals surface area contributed by atoms with Crippen molar-refractivity contribution >= 4 is 17.3 Å². The van der Waals surface area contributed by atoms with E-state index < -0.39 is 0 Å². The molecule has 0 amide bonds. The highest BCUT2D eigenvalue weighted by Gasteiger charge is 2.18. The van der Waals surface area contributed by atoms with Gasteiger partial charge < -0.3 is 16.0 Å². The van der Waals surface area contributed by atoms with Crippen molar-refractivity contribution in [2.45, 2.75) is 20.3 Å². The quantitative estimate of drug-likeness (QED) is 0.862. The van der Waals surface area contributed by atoms with Gasteiger partial charge >= 0.3 is 0 Å². The molecule has 0 saturated heterocycles. The summed E-state index contributed by atoms with van der Waals surface area (Å²) in [5.41, 5.74) is 12.5. The first-order chi connectivity index (χ1) is 12.6. The third-order valence-electron chi connectivity index (χ3n) is 4.45. The molecule has 134 valence electrons. The number of aromatic nitrogens is 2. The van der Waals surface area contributed by atoms with E-state index in [2.05, 4.69) is 64.5 Å². The first-order valence-corrected chi connectivity index (χ1v) is 8.84. The van der Waals surface area contributed by atoms with Crippen LogP contribution in [0.3, 0.4) is 0 Å². The summed E-state index contributed by atoms with van der Waals surface area (Å²) in [5, 5.41) is 2.99. The molecule has 0 fully saturated rings. The molecular formula is C21H25N5. The van der Waals surface area contributed by atoms with Gasteiger partial charge in [0.2, 0.25) is 5.95 Å². The van der Waals surface area contributed by atoms with Gasteiger partial charge in [0.25, 0.3) is 0 Å². The molecule has 3 N–H and O–H groups in total. The Morgan fingerprint density at radius 2 is 2.00 bits per heavy atom. The fraction of sp³-hybridized carbons (Fsp3) is 0.238. The fourth-order valence-corrected chi connectivity index (χ4v) is 2.88. The van der Waals surface area contributed by atoms with Gasteiger partial charge in [-0.15, -0.1) is 0 Å². The van der Waals surface area contributed by atoms with Gasteiger partial charge in [0, 0.05) is 26.0 Å². The topological polar surface area (TPSA) is 67.1 Å². The van der Waals surface area contributed by atoms with E-state index in [1.807, 2.05) is 25.2 Å². The molecule has 0 radical (unpaired) electrons. The summed E-state index contributed by atoms with van der Waals surface area (Å²) < 4.78 is 0. The molecule has 0 atom stereocenters. The lowest BCUT2D eigenvalue weighted by Crippen LogP contribution is -2.22. The van der Waals surface area contributed by atoms with Gasteiger partial charge in [0.15, 0.2) is 0 Å². The molecule has 5 nitrogen and oxygen atoms in total. The van der Waals surface area contributed by atoms with Crippen molar-refractivity contribution in [2.24, 2.45) is 5.73 Å². The molecule has 0 bridgehead atoms. The van der Waals surface area contributed by atoms with Gasteiger partial charge in [-0.1, -0.05) is 42.8 Å². The normalized spacial score (nSPS) is 14.7. The van der Waals surface area contributed by atoms with Crippen LogP contribution < -0.4 is 11.1 Å². The van der Waals surface area contributed by atoms with E-state index in [4.69, 9.17) is 5.73 Å². The molecule has 1 aliphatic heterocycles. The smallest absolute Gasteiger partial charge is 0.222 e. The highest BCUT2D eigenvalue weighted by Crippen LogP contribution is 2.28. The standard InChI is InChI=1S/C21H25N5/c1-4-16-10-13-26(14-11-16)20(18-9-12-24-21(23-3)25-18)19(22)17-7-5-15(2)6-8-17/h5-13H,4,14,22H2,1-3H3,(H,23,24,25)/b20-19-. The molecule has 1 aromatic heterocycles. The fourth-order valence-electron chi connectivity index (χ4n) is 2.88. The minimum Gasteiger partial charge on any atom is -0.396 e. The van der Waals surface area contributed by atoms with Gasteiger partial charge in [0.05, 0.1) is 17.1 Å². The molecule has 3 rings (SSSR count). The van der Waals surface area contributed by atoms with Crippen LogP contribution in [-0.4, -0.2) is 28.5 Å². The van der Waals surface area contributed by atoms with Gasteiger partial charge in [-0.05, 0) is 36.6 Å². The van der Waals surface area contributed by atoms with Crippen molar-refractivity contribution in [3.05, 3.63) is 77.3 Å². The molecule has 1 aliphatic rings. The zero-order valence-electron chi connectivity index (χ0n) is 15.5. The Balaban J connectivity index is 2.10. The Bertz CT molecular complexity index is 862. The van der Waals surface area contributed by atoms with Gasteiger partial charge in [-0.25, -0.2) is 9.97 Å². The number of hydrogen-bond donors (Lipinski definition) is 2. The van der Waals surface area contributed by atoms with E-state index in [-0.39, 0.29) is 0 Å². The van der Waals surface area contributed by atoms with Crippen molar-refractivity contribution in [2.75, 3.05) is 18.9 Å². The van der Waals surface area contributed by atoms with Gasteiger partial charge in [0.1, 0.15) is 0 Å². The van der Waals surface area contributed by atoms with Crippen LogP contribution >= 0.6 is 0 Å². The van der Waals surface area contributed by atoms with Gasteiger partial charge in [-0.2, -0.15) is 0 Å². The third-order valence-corrected chi connectivity index (χ3v) is 4.45. The van der Waals surface area contributed by atoms with Crippen LogP contribution in [0, 0.1) is 6.92 Å². The summed E-state index contributed by atoms with van der Waals surface area (Å²) in [5.74, 6) is 0.572. The van der Waals surface area contributed by atoms with Crippen molar-refractivity contribution in [3.8, 4) is 0 Å². The summed E-state index contributed by atoms with van der Waals surface area (Å²) in [6, 6.07) is 10.1. The van der Waals surface area contributed by atoms with Crippen LogP contribution in [0.1, 0.15) is 30.2 Å². The lowest BCUT2D eigenvalue weighted by molar-refractivity contribution is 0.579. The van der Waals surface area contributed by atoms with Crippen molar-refractivity contribution in [1.82, 2.24) is 14.9 Å². The molecule has 2 heterocycles. The predicted octanol–water partition coefficient (Wildman–Crippen LogP) is 3.78. The van der Waals surface area contributed by atoms with E-state index >= 15 is 0 Å². The second-order valence-corrected chi connectivity index (χ2v) is 6.24. The minimum atomic E-state index is 0.572. The molecule has 5 heteroatoms. The zero-order chi connectivity index (χ0) is 18.5.